The molecule has 2 rings (SSSR count). The monoisotopic (exact) mass is 305 g/mol. The smallest absolute Gasteiger partial charge is 0.267 e. The van der Waals surface area contributed by atoms with E-state index in [0.717, 1.165) is 5.56 Å². The highest BCUT2D eigenvalue weighted by Gasteiger charge is 2.09. The number of aromatic nitrogens is 1. The van der Waals surface area contributed by atoms with E-state index in [2.05, 4.69) is 16.9 Å². The van der Waals surface area contributed by atoms with E-state index in [1.165, 1.54) is 6.08 Å². The van der Waals surface area contributed by atoms with Gasteiger partial charge in [0, 0.05) is 6.20 Å². The van der Waals surface area contributed by atoms with Crippen LogP contribution in [-0.2, 0) is 4.79 Å². The molecule has 0 radical (unpaired) electrons. The Morgan fingerprint density at radius 3 is 2.70 bits per heavy atom. The molecule has 1 amide bonds. The lowest BCUT2D eigenvalue weighted by Gasteiger charge is -2.04. The Labute approximate surface area is 134 Å². The van der Waals surface area contributed by atoms with Crippen LogP contribution in [0, 0.1) is 11.3 Å². The maximum Gasteiger partial charge on any atom is 0.267 e. The van der Waals surface area contributed by atoms with Crippen molar-refractivity contribution in [3.05, 3.63) is 72.5 Å². The molecule has 5 nitrogen and oxygen atoms in total. The zero-order chi connectivity index (χ0) is 16.5. The fourth-order valence-corrected chi connectivity index (χ4v) is 1.75. The van der Waals surface area contributed by atoms with E-state index in [4.69, 9.17) is 4.74 Å². The van der Waals surface area contributed by atoms with Crippen molar-refractivity contribution in [2.45, 2.75) is 0 Å². The highest BCUT2D eigenvalue weighted by Crippen LogP contribution is 2.15. The standard InChI is InChI=1S/C18H15N3O2/c1-2-11-23-16-8-6-14(7-9-16)12-15(13-19)18(22)21-17-5-3-4-10-20-17/h2-10,12H,1,11H2,(H,20,21,22)/b15-12-. The molecule has 1 heterocycles. The van der Waals surface area contributed by atoms with Crippen molar-refractivity contribution in [1.82, 2.24) is 4.98 Å². The van der Waals surface area contributed by atoms with Crippen LogP contribution < -0.4 is 10.1 Å². The summed E-state index contributed by atoms with van der Waals surface area (Å²) in [6.45, 7) is 4.00. The predicted octanol–water partition coefficient (Wildman–Crippen LogP) is 3.19. The number of carbonyl (C=O) groups is 1. The van der Waals surface area contributed by atoms with E-state index in [1.807, 2.05) is 6.07 Å². The number of nitrogens with zero attached hydrogens (tertiary/aromatic N) is 2. The number of hydrogen-bond acceptors (Lipinski definition) is 4. The van der Waals surface area contributed by atoms with Crippen LogP contribution in [0.4, 0.5) is 5.82 Å². The number of hydrogen-bond donors (Lipinski definition) is 1. The third kappa shape index (κ3) is 4.83. The molecule has 2 aromatic rings. The summed E-state index contributed by atoms with van der Waals surface area (Å²) in [5, 5.41) is 11.7. The number of anilines is 1. The Kier molecular flexibility index (Phi) is 5.67. The number of nitrogens with one attached hydrogen (secondary N) is 1. The number of benzene rings is 1. The quantitative estimate of drug-likeness (QED) is 0.505. The second kappa shape index (κ2) is 8.15. The minimum atomic E-state index is -0.502. The number of pyridine rings is 1. The number of rotatable bonds is 6. The van der Waals surface area contributed by atoms with Gasteiger partial charge in [0.1, 0.15) is 29.8 Å². The van der Waals surface area contributed by atoms with E-state index in [9.17, 15) is 10.1 Å². The molecule has 5 heteroatoms. The summed E-state index contributed by atoms with van der Waals surface area (Å²) in [7, 11) is 0. The van der Waals surface area contributed by atoms with Gasteiger partial charge in [-0.3, -0.25) is 4.79 Å². The van der Waals surface area contributed by atoms with Gasteiger partial charge in [-0.15, -0.1) is 0 Å². The van der Waals surface area contributed by atoms with Crippen molar-refractivity contribution in [3.63, 3.8) is 0 Å². The first-order valence-electron chi connectivity index (χ1n) is 6.91. The summed E-state index contributed by atoms with van der Waals surface area (Å²) in [4.78, 5) is 16.1. The lowest BCUT2D eigenvalue weighted by atomic mass is 10.1. The predicted molar refractivity (Wildman–Crippen MR) is 88.6 cm³/mol. The minimum Gasteiger partial charge on any atom is -0.490 e. The van der Waals surface area contributed by atoms with Crippen molar-refractivity contribution in [2.75, 3.05) is 11.9 Å². The maximum absolute atomic E-state index is 12.1. The van der Waals surface area contributed by atoms with Crippen LogP contribution in [-0.4, -0.2) is 17.5 Å². The first kappa shape index (κ1) is 16.0. The molecule has 0 saturated heterocycles. The Hall–Kier alpha value is -3.39. The molecular weight excluding hydrogens is 290 g/mol. The van der Waals surface area contributed by atoms with E-state index in [1.54, 1.807) is 54.7 Å². The second-order valence-corrected chi connectivity index (χ2v) is 4.51. The van der Waals surface area contributed by atoms with Crippen LogP contribution in [0.15, 0.2) is 66.9 Å². The van der Waals surface area contributed by atoms with Crippen molar-refractivity contribution < 1.29 is 9.53 Å². The van der Waals surface area contributed by atoms with Crippen molar-refractivity contribution >= 4 is 17.8 Å². The highest BCUT2D eigenvalue weighted by molar-refractivity contribution is 6.09. The maximum atomic E-state index is 12.1. The molecule has 0 unspecified atom stereocenters. The summed E-state index contributed by atoms with van der Waals surface area (Å²) >= 11 is 0. The van der Waals surface area contributed by atoms with Gasteiger partial charge in [0.15, 0.2) is 0 Å². The Bertz CT molecular complexity index is 744. The van der Waals surface area contributed by atoms with Gasteiger partial charge in [-0.05, 0) is 35.9 Å². The third-order valence-electron chi connectivity index (χ3n) is 2.83. The van der Waals surface area contributed by atoms with E-state index in [-0.39, 0.29) is 5.57 Å². The summed E-state index contributed by atoms with van der Waals surface area (Å²) in [6.07, 6.45) is 4.73. The van der Waals surface area contributed by atoms with Crippen molar-refractivity contribution in [2.24, 2.45) is 0 Å². The molecule has 0 aliphatic rings. The molecule has 114 valence electrons. The van der Waals surface area contributed by atoms with Gasteiger partial charge in [-0.1, -0.05) is 30.9 Å². The number of carbonyl (C=O) groups excluding carboxylic acids is 1. The zero-order valence-electron chi connectivity index (χ0n) is 12.4. The summed E-state index contributed by atoms with van der Waals surface area (Å²) in [5.41, 5.74) is 0.721. The van der Waals surface area contributed by atoms with Gasteiger partial charge in [-0.25, -0.2) is 4.98 Å². The average molecular weight is 305 g/mol. The van der Waals surface area contributed by atoms with Crippen LogP contribution in [0.2, 0.25) is 0 Å². The molecule has 23 heavy (non-hydrogen) atoms. The van der Waals surface area contributed by atoms with Gasteiger partial charge in [0.25, 0.3) is 5.91 Å². The summed E-state index contributed by atoms with van der Waals surface area (Å²) in [5.74, 6) is 0.587. The normalized spacial score (nSPS) is 10.5. The fourth-order valence-electron chi connectivity index (χ4n) is 1.75. The van der Waals surface area contributed by atoms with Crippen molar-refractivity contribution in [1.29, 1.82) is 5.26 Å². The third-order valence-corrected chi connectivity index (χ3v) is 2.83. The Balaban J connectivity index is 2.10. The molecule has 1 aromatic carbocycles. The van der Waals surface area contributed by atoms with Gasteiger partial charge in [-0.2, -0.15) is 5.26 Å². The lowest BCUT2D eigenvalue weighted by molar-refractivity contribution is -0.112. The highest BCUT2D eigenvalue weighted by atomic mass is 16.5. The second-order valence-electron chi connectivity index (χ2n) is 4.51. The molecular formula is C18H15N3O2. The topological polar surface area (TPSA) is 75.0 Å². The molecule has 0 saturated carbocycles. The number of ether oxygens (including phenoxy) is 1. The van der Waals surface area contributed by atoms with Gasteiger partial charge < -0.3 is 10.1 Å². The number of nitriles is 1. The first-order chi connectivity index (χ1) is 11.2. The zero-order valence-corrected chi connectivity index (χ0v) is 12.4. The fraction of sp³-hybridized carbons (Fsp3) is 0.0556. The van der Waals surface area contributed by atoms with Crippen LogP contribution in [0.3, 0.4) is 0 Å². The lowest BCUT2D eigenvalue weighted by Crippen LogP contribution is -2.14. The minimum absolute atomic E-state index is 0.00425. The van der Waals surface area contributed by atoms with E-state index < -0.39 is 5.91 Å². The molecule has 0 atom stereocenters. The molecule has 1 N–H and O–H groups in total. The average Bonchev–Trinajstić information content (AvgIpc) is 2.59. The number of amides is 1. The molecule has 0 bridgehead atoms. The molecule has 1 aromatic heterocycles. The Morgan fingerprint density at radius 2 is 2.09 bits per heavy atom. The van der Waals surface area contributed by atoms with Crippen LogP contribution in [0.25, 0.3) is 6.08 Å². The first-order valence-corrected chi connectivity index (χ1v) is 6.91. The van der Waals surface area contributed by atoms with Gasteiger partial charge >= 0.3 is 0 Å². The summed E-state index contributed by atoms with van der Waals surface area (Å²) in [6, 6.07) is 14.1. The van der Waals surface area contributed by atoms with Crippen LogP contribution in [0.5, 0.6) is 5.75 Å². The summed E-state index contributed by atoms with van der Waals surface area (Å²) < 4.78 is 5.38. The van der Waals surface area contributed by atoms with Gasteiger partial charge in [0.05, 0.1) is 0 Å². The van der Waals surface area contributed by atoms with Crippen LogP contribution >= 0.6 is 0 Å². The molecule has 0 spiro atoms. The largest absolute Gasteiger partial charge is 0.490 e. The molecule has 0 aliphatic heterocycles. The SMILES string of the molecule is C=CCOc1ccc(/C=C(/C#N)C(=O)Nc2ccccn2)cc1. The van der Waals surface area contributed by atoms with Gasteiger partial charge in [0.2, 0.25) is 0 Å². The molecule has 0 aliphatic carbocycles. The van der Waals surface area contributed by atoms with Crippen molar-refractivity contribution in [3.8, 4) is 11.8 Å². The Morgan fingerprint density at radius 1 is 1.30 bits per heavy atom. The van der Waals surface area contributed by atoms with E-state index >= 15 is 0 Å². The molecule has 0 fully saturated rings. The van der Waals surface area contributed by atoms with E-state index in [0.29, 0.717) is 18.2 Å². The van der Waals surface area contributed by atoms with Crippen LogP contribution in [0.1, 0.15) is 5.56 Å².